The standard InChI is InChI=1S/C22H30N4O2/c1-15(2)11-12-23-22(28)20-25-19(18-10-6-7-13-26(18)20)21(27)24-14-17-9-5-4-8-16(17)3/h4-5,8-9,15H,6-7,10-14H2,1-3H3,(H,23,28)(H,24,27). The summed E-state index contributed by atoms with van der Waals surface area (Å²) in [5.41, 5.74) is 3.49. The maximum Gasteiger partial charge on any atom is 0.287 e. The first-order valence-corrected chi connectivity index (χ1v) is 10.2. The van der Waals surface area contributed by atoms with Gasteiger partial charge in [0.05, 0.1) is 5.69 Å². The van der Waals surface area contributed by atoms with Gasteiger partial charge in [-0.05, 0) is 49.7 Å². The molecule has 150 valence electrons. The van der Waals surface area contributed by atoms with Crippen LogP contribution < -0.4 is 10.6 Å². The van der Waals surface area contributed by atoms with E-state index in [0.717, 1.165) is 49.0 Å². The highest BCUT2D eigenvalue weighted by Gasteiger charge is 2.27. The topological polar surface area (TPSA) is 76.0 Å². The molecular formula is C22H30N4O2. The number of carbonyl (C=O) groups is 2. The number of hydrogen-bond acceptors (Lipinski definition) is 3. The second-order valence-electron chi connectivity index (χ2n) is 7.89. The summed E-state index contributed by atoms with van der Waals surface area (Å²) in [7, 11) is 0. The monoisotopic (exact) mass is 382 g/mol. The van der Waals surface area contributed by atoms with E-state index in [0.29, 0.717) is 30.5 Å². The average molecular weight is 383 g/mol. The first kappa shape index (κ1) is 20.1. The van der Waals surface area contributed by atoms with Gasteiger partial charge >= 0.3 is 0 Å². The van der Waals surface area contributed by atoms with Crippen molar-refractivity contribution in [3.63, 3.8) is 0 Å². The first-order valence-electron chi connectivity index (χ1n) is 10.2. The number of imidazole rings is 1. The normalized spacial score (nSPS) is 13.3. The zero-order valence-corrected chi connectivity index (χ0v) is 17.0. The second kappa shape index (κ2) is 9.04. The van der Waals surface area contributed by atoms with E-state index in [9.17, 15) is 9.59 Å². The Hall–Kier alpha value is -2.63. The molecular weight excluding hydrogens is 352 g/mol. The summed E-state index contributed by atoms with van der Waals surface area (Å²) in [5, 5.41) is 5.91. The minimum atomic E-state index is -0.213. The molecule has 3 rings (SSSR count). The van der Waals surface area contributed by atoms with Gasteiger partial charge in [0.1, 0.15) is 5.69 Å². The second-order valence-corrected chi connectivity index (χ2v) is 7.89. The SMILES string of the molecule is Cc1ccccc1CNC(=O)c1nc(C(=O)NCCC(C)C)n2c1CCCC2. The Morgan fingerprint density at radius 2 is 1.93 bits per heavy atom. The maximum atomic E-state index is 12.8. The summed E-state index contributed by atoms with van der Waals surface area (Å²) in [6, 6.07) is 7.98. The number of rotatable bonds is 7. The summed E-state index contributed by atoms with van der Waals surface area (Å²) in [4.78, 5) is 29.9. The molecule has 0 spiro atoms. The minimum absolute atomic E-state index is 0.193. The van der Waals surface area contributed by atoms with Crippen LogP contribution in [0.15, 0.2) is 24.3 Å². The van der Waals surface area contributed by atoms with Crippen LogP contribution in [-0.2, 0) is 19.5 Å². The number of hydrogen-bond donors (Lipinski definition) is 2. The van der Waals surface area contributed by atoms with E-state index in [1.54, 1.807) is 0 Å². The van der Waals surface area contributed by atoms with Crippen molar-refractivity contribution in [1.29, 1.82) is 0 Å². The van der Waals surface area contributed by atoms with Crippen LogP contribution in [0.4, 0.5) is 0 Å². The van der Waals surface area contributed by atoms with Gasteiger partial charge in [-0.1, -0.05) is 38.1 Å². The van der Waals surface area contributed by atoms with Gasteiger partial charge in [-0.15, -0.1) is 0 Å². The molecule has 0 fully saturated rings. The van der Waals surface area contributed by atoms with Gasteiger partial charge in [0, 0.05) is 19.6 Å². The fraction of sp³-hybridized carbons (Fsp3) is 0.500. The number of aryl methyl sites for hydroxylation is 1. The summed E-state index contributed by atoms with van der Waals surface area (Å²) in [5.74, 6) is 0.480. The van der Waals surface area contributed by atoms with Crippen molar-refractivity contribution in [2.24, 2.45) is 5.92 Å². The van der Waals surface area contributed by atoms with Crippen LogP contribution in [0.3, 0.4) is 0 Å². The fourth-order valence-corrected chi connectivity index (χ4v) is 3.52. The van der Waals surface area contributed by atoms with E-state index in [1.807, 2.05) is 35.8 Å². The molecule has 2 N–H and O–H groups in total. The van der Waals surface area contributed by atoms with Crippen molar-refractivity contribution in [2.75, 3.05) is 6.54 Å². The van der Waals surface area contributed by atoms with Gasteiger partial charge in [-0.25, -0.2) is 4.98 Å². The molecule has 1 aliphatic heterocycles. The van der Waals surface area contributed by atoms with Gasteiger partial charge in [-0.3, -0.25) is 9.59 Å². The Morgan fingerprint density at radius 3 is 2.68 bits per heavy atom. The van der Waals surface area contributed by atoms with Gasteiger partial charge in [0.15, 0.2) is 5.82 Å². The van der Waals surface area contributed by atoms with E-state index in [-0.39, 0.29) is 11.8 Å². The highest BCUT2D eigenvalue weighted by Crippen LogP contribution is 2.21. The number of benzene rings is 1. The van der Waals surface area contributed by atoms with Crippen LogP contribution in [0.25, 0.3) is 0 Å². The highest BCUT2D eigenvalue weighted by atomic mass is 16.2. The molecule has 6 nitrogen and oxygen atoms in total. The number of nitrogens with one attached hydrogen (secondary N) is 2. The van der Waals surface area contributed by atoms with Crippen LogP contribution in [0.2, 0.25) is 0 Å². The molecule has 0 bridgehead atoms. The summed E-state index contributed by atoms with van der Waals surface area (Å²) >= 11 is 0. The number of aromatic nitrogens is 2. The Kier molecular flexibility index (Phi) is 6.49. The van der Waals surface area contributed by atoms with Gasteiger partial charge in [0.2, 0.25) is 0 Å². The highest BCUT2D eigenvalue weighted by molar-refractivity contribution is 5.97. The zero-order valence-electron chi connectivity index (χ0n) is 17.0. The molecule has 0 saturated heterocycles. The van der Waals surface area contributed by atoms with Crippen molar-refractivity contribution in [2.45, 2.75) is 59.5 Å². The van der Waals surface area contributed by atoms with Gasteiger partial charge < -0.3 is 15.2 Å². The van der Waals surface area contributed by atoms with Crippen molar-refractivity contribution in [1.82, 2.24) is 20.2 Å². The molecule has 1 aromatic carbocycles. The Bertz CT molecular complexity index is 854. The predicted octanol–water partition coefficient (Wildman–Crippen LogP) is 3.23. The largest absolute Gasteiger partial charge is 0.349 e. The zero-order chi connectivity index (χ0) is 20.1. The Balaban J connectivity index is 1.75. The Labute approximate surface area is 166 Å². The lowest BCUT2D eigenvalue weighted by atomic mass is 10.1. The summed E-state index contributed by atoms with van der Waals surface area (Å²) in [6.07, 6.45) is 3.71. The number of amides is 2. The smallest absolute Gasteiger partial charge is 0.287 e. The summed E-state index contributed by atoms with van der Waals surface area (Å²) < 4.78 is 1.93. The van der Waals surface area contributed by atoms with E-state index in [1.165, 1.54) is 0 Å². The lowest BCUT2D eigenvalue weighted by molar-refractivity contribution is 0.0936. The third-order valence-corrected chi connectivity index (χ3v) is 5.24. The maximum absolute atomic E-state index is 12.8. The lowest BCUT2D eigenvalue weighted by Gasteiger charge is -2.17. The van der Waals surface area contributed by atoms with Gasteiger partial charge in [-0.2, -0.15) is 0 Å². The number of nitrogens with zero attached hydrogens (tertiary/aromatic N) is 2. The molecule has 0 atom stereocenters. The van der Waals surface area contributed by atoms with Crippen LogP contribution in [0, 0.1) is 12.8 Å². The third kappa shape index (κ3) is 4.61. The third-order valence-electron chi connectivity index (χ3n) is 5.24. The van der Waals surface area contributed by atoms with Crippen molar-refractivity contribution in [3.05, 3.63) is 52.6 Å². The predicted molar refractivity (Wildman–Crippen MR) is 109 cm³/mol. The van der Waals surface area contributed by atoms with Crippen LogP contribution in [0.5, 0.6) is 0 Å². The molecule has 0 radical (unpaired) electrons. The molecule has 6 heteroatoms. The van der Waals surface area contributed by atoms with E-state index >= 15 is 0 Å². The molecule has 28 heavy (non-hydrogen) atoms. The quantitative estimate of drug-likeness (QED) is 0.772. The minimum Gasteiger partial charge on any atom is -0.349 e. The molecule has 1 aromatic heterocycles. The molecule has 1 aliphatic rings. The van der Waals surface area contributed by atoms with Crippen LogP contribution in [-0.4, -0.2) is 27.9 Å². The van der Waals surface area contributed by atoms with E-state index in [4.69, 9.17) is 0 Å². The van der Waals surface area contributed by atoms with Crippen LogP contribution >= 0.6 is 0 Å². The van der Waals surface area contributed by atoms with E-state index < -0.39 is 0 Å². The van der Waals surface area contributed by atoms with Crippen molar-refractivity contribution < 1.29 is 9.59 Å². The fourth-order valence-electron chi connectivity index (χ4n) is 3.52. The van der Waals surface area contributed by atoms with Gasteiger partial charge in [0.25, 0.3) is 11.8 Å². The molecule has 2 aromatic rings. The number of carbonyl (C=O) groups excluding carboxylic acids is 2. The molecule has 2 amide bonds. The van der Waals surface area contributed by atoms with Crippen LogP contribution in [0.1, 0.15) is 71.0 Å². The summed E-state index contributed by atoms with van der Waals surface area (Å²) in [6.45, 7) is 8.09. The van der Waals surface area contributed by atoms with E-state index in [2.05, 4.69) is 29.5 Å². The molecule has 0 saturated carbocycles. The average Bonchev–Trinajstić information content (AvgIpc) is 3.07. The molecule has 2 heterocycles. The van der Waals surface area contributed by atoms with Crippen molar-refractivity contribution >= 4 is 11.8 Å². The molecule has 0 unspecified atom stereocenters. The number of fused-ring (bicyclic) bond motifs is 1. The first-order chi connectivity index (χ1) is 13.5. The Morgan fingerprint density at radius 1 is 1.14 bits per heavy atom. The van der Waals surface area contributed by atoms with Crippen molar-refractivity contribution in [3.8, 4) is 0 Å². The molecule has 0 aliphatic carbocycles. The lowest BCUT2D eigenvalue weighted by Crippen LogP contribution is -2.29.